The normalized spacial score (nSPS) is 12.8. The fourth-order valence-electron chi connectivity index (χ4n) is 3.16. The summed E-state index contributed by atoms with van der Waals surface area (Å²) in [6, 6.07) is 0. The van der Waals surface area contributed by atoms with Crippen LogP contribution >= 0.6 is 7.60 Å². The van der Waals surface area contributed by atoms with Gasteiger partial charge in [-0.1, -0.05) is 32.1 Å². The molecule has 1 aromatic rings. The van der Waals surface area contributed by atoms with Crippen LogP contribution in [0.5, 0.6) is 0 Å². The molecule has 31 heavy (non-hydrogen) atoms. The van der Waals surface area contributed by atoms with Crippen molar-refractivity contribution in [2.75, 3.05) is 0 Å². The molecule has 0 fully saturated rings. The zero-order valence-corrected chi connectivity index (χ0v) is 20.2. The van der Waals surface area contributed by atoms with Gasteiger partial charge in [-0.15, -0.1) is 0 Å². The summed E-state index contributed by atoms with van der Waals surface area (Å²) in [7, 11) is -4.53. The first-order chi connectivity index (χ1) is 14.4. The first-order valence-corrected chi connectivity index (χ1v) is 12.6. The summed E-state index contributed by atoms with van der Waals surface area (Å²) in [4.78, 5) is 25.3. The van der Waals surface area contributed by atoms with Gasteiger partial charge in [-0.05, 0) is 47.5 Å². The summed E-state index contributed by atoms with van der Waals surface area (Å²) < 4.78 is 53.3. The molecule has 0 unspecified atom stereocenters. The van der Waals surface area contributed by atoms with Crippen molar-refractivity contribution in [3.8, 4) is 0 Å². The maximum Gasteiger partial charge on any atom is 0.400 e. The van der Waals surface area contributed by atoms with E-state index < -0.39 is 37.6 Å². The Hall–Kier alpha value is -1.31. The van der Waals surface area contributed by atoms with Crippen LogP contribution in [0.2, 0.25) is 0 Å². The third kappa shape index (κ3) is 9.38. The van der Waals surface area contributed by atoms with Crippen LogP contribution in [0.25, 0.3) is 0 Å². The molecule has 0 aliphatic rings. The number of H-pyrrole nitrogens is 1. The van der Waals surface area contributed by atoms with Crippen LogP contribution in [0, 0.1) is 6.92 Å². The third-order valence-electron chi connectivity index (χ3n) is 4.67. The molecular formula is C21H37F2N2O5P. The van der Waals surface area contributed by atoms with Gasteiger partial charge in [-0.2, -0.15) is 8.78 Å². The van der Waals surface area contributed by atoms with Crippen molar-refractivity contribution in [3.63, 3.8) is 0 Å². The van der Waals surface area contributed by atoms with Crippen molar-refractivity contribution >= 4 is 7.60 Å². The third-order valence-corrected chi connectivity index (χ3v) is 7.09. The molecule has 0 saturated heterocycles. The Morgan fingerprint density at radius 3 is 1.97 bits per heavy atom. The van der Waals surface area contributed by atoms with Crippen molar-refractivity contribution in [2.45, 2.75) is 110 Å². The lowest BCUT2D eigenvalue weighted by molar-refractivity contribution is 0.0122. The minimum Gasteiger partial charge on any atom is -0.302 e. The molecule has 10 heteroatoms. The molecule has 0 aliphatic carbocycles. The van der Waals surface area contributed by atoms with Crippen LogP contribution in [0.3, 0.4) is 0 Å². The summed E-state index contributed by atoms with van der Waals surface area (Å²) in [5, 5.41) is 0. The van der Waals surface area contributed by atoms with E-state index in [2.05, 4.69) is 4.98 Å². The molecule has 7 nitrogen and oxygen atoms in total. The average molecular weight is 467 g/mol. The molecule has 1 N–H and O–H groups in total. The van der Waals surface area contributed by atoms with Gasteiger partial charge in [-0.25, -0.2) is 4.79 Å². The van der Waals surface area contributed by atoms with Crippen LogP contribution in [0.1, 0.15) is 84.6 Å². The number of aromatic amines is 1. The summed E-state index contributed by atoms with van der Waals surface area (Å²) in [6.45, 7) is 8.41. The minimum absolute atomic E-state index is 0.242. The number of nitrogens with zero attached hydrogens (tertiary/aromatic N) is 1. The topological polar surface area (TPSA) is 90.4 Å². The van der Waals surface area contributed by atoms with Crippen molar-refractivity contribution in [2.24, 2.45) is 0 Å². The van der Waals surface area contributed by atoms with E-state index in [1.54, 1.807) is 40.8 Å². The van der Waals surface area contributed by atoms with E-state index in [0.717, 1.165) is 32.1 Å². The molecule has 1 aromatic heterocycles. The number of rotatable bonds is 15. The standard InChI is InChI=1S/C21H37F2N2O5P/c1-16(2)29-31(28,30-17(3)4)21(22,23)13-11-9-7-6-8-10-12-14-25-15-18(5)19(26)24-20(25)27/h15-17H,6-14H2,1-5H3,(H,24,26,27). The fraction of sp³-hybridized carbons (Fsp3) is 0.810. The number of halogens is 2. The number of aromatic nitrogens is 2. The second-order valence-electron chi connectivity index (χ2n) is 8.46. The predicted molar refractivity (Wildman–Crippen MR) is 118 cm³/mol. The van der Waals surface area contributed by atoms with Crippen molar-refractivity contribution in [3.05, 3.63) is 32.6 Å². The Bertz CT molecular complexity index is 822. The molecule has 1 rings (SSSR count). The Morgan fingerprint density at radius 2 is 1.45 bits per heavy atom. The van der Waals surface area contributed by atoms with Gasteiger partial charge in [0.2, 0.25) is 0 Å². The zero-order valence-electron chi connectivity index (χ0n) is 19.3. The predicted octanol–water partition coefficient (Wildman–Crippen LogP) is 5.60. The van der Waals surface area contributed by atoms with Crippen molar-refractivity contribution in [1.29, 1.82) is 0 Å². The van der Waals surface area contributed by atoms with Crippen LogP contribution < -0.4 is 11.2 Å². The van der Waals surface area contributed by atoms with E-state index in [-0.39, 0.29) is 12.0 Å². The lowest BCUT2D eigenvalue weighted by atomic mass is 10.1. The second-order valence-corrected chi connectivity index (χ2v) is 10.5. The van der Waals surface area contributed by atoms with E-state index >= 15 is 0 Å². The van der Waals surface area contributed by atoms with Crippen LogP contribution in [0.15, 0.2) is 15.8 Å². The molecule has 0 radical (unpaired) electrons. The Labute approximate surface area is 183 Å². The van der Waals surface area contributed by atoms with Crippen molar-refractivity contribution in [1.82, 2.24) is 9.55 Å². The van der Waals surface area contributed by atoms with E-state index in [0.29, 0.717) is 18.5 Å². The molecule has 0 amide bonds. The Balaban J connectivity index is 2.30. The summed E-state index contributed by atoms with van der Waals surface area (Å²) >= 11 is 0. The second kappa shape index (κ2) is 12.7. The highest BCUT2D eigenvalue weighted by atomic mass is 31.2. The SMILES string of the molecule is Cc1cn(CCCCCCCCCC(F)(F)P(=O)(OC(C)C)OC(C)C)c(=O)[nH]c1=O. The van der Waals surface area contributed by atoms with Crippen LogP contribution in [0.4, 0.5) is 8.78 Å². The molecule has 0 spiro atoms. The number of nitrogens with one attached hydrogen (secondary N) is 1. The molecule has 0 saturated carbocycles. The maximum atomic E-state index is 14.6. The quantitative estimate of drug-likeness (QED) is 0.268. The summed E-state index contributed by atoms with van der Waals surface area (Å²) in [5.74, 6) is 0. The van der Waals surface area contributed by atoms with Crippen LogP contribution in [-0.4, -0.2) is 27.4 Å². The molecule has 180 valence electrons. The Kier molecular flexibility index (Phi) is 11.3. The molecule has 0 bridgehead atoms. The van der Waals surface area contributed by atoms with Gasteiger partial charge in [0, 0.05) is 24.7 Å². The first kappa shape index (κ1) is 27.7. The number of alkyl halides is 2. The number of hydrogen-bond donors (Lipinski definition) is 1. The van der Waals surface area contributed by atoms with Gasteiger partial charge in [0.1, 0.15) is 0 Å². The van der Waals surface area contributed by atoms with E-state index in [4.69, 9.17) is 9.05 Å². The number of unbranched alkanes of at least 4 members (excludes halogenated alkanes) is 6. The van der Waals surface area contributed by atoms with E-state index in [9.17, 15) is 22.9 Å². The van der Waals surface area contributed by atoms with Crippen LogP contribution in [-0.2, 0) is 20.2 Å². The highest BCUT2D eigenvalue weighted by molar-refractivity contribution is 7.55. The van der Waals surface area contributed by atoms with Gasteiger partial charge in [0.15, 0.2) is 0 Å². The lowest BCUT2D eigenvalue weighted by Crippen LogP contribution is -2.30. The highest BCUT2D eigenvalue weighted by Crippen LogP contribution is 2.65. The number of hydrogen-bond acceptors (Lipinski definition) is 5. The van der Waals surface area contributed by atoms with Gasteiger partial charge in [-0.3, -0.25) is 14.3 Å². The van der Waals surface area contributed by atoms with Gasteiger partial charge in [0.05, 0.1) is 12.2 Å². The van der Waals surface area contributed by atoms with Crippen molar-refractivity contribution < 1.29 is 22.4 Å². The molecule has 1 heterocycles. The summed E-state index contributed by atoms with van der Waals surface area (Å²) in [5.41, 5.74) is -3.78. The Morgan fingerprint density at radius 1 is 0.968 bits per heavy atom. The largest absolute Gasteiger partial charge is 0.400 e. The first-order valence-electron chi connectivity index (χ1n) is 11.0. The van der Waals surface area contributed by atoms with E-state index in [1.807, 2.05) is 0 Å². The van der Waals surface area contributed by atoms with Gasteiger partial charge < -0.3 is 13.6 Å². The smallest absolute Gasteiger partial charge is 0.302 e. The molecular weight excluding hydrogens is 429 g/mol. The number of aryl methyl sites for hydroxylation is 2. The lowest BCUT2D eigenvalue weighted by Gasteiger charge is -2.29. The average Bonchev–Trinajstić information content (AvgIpc) is 2.62. The molecule has 0 aromatic carbocycles. The monoisotopic (exact) mass is 466 g/mol. The zero-order chi connectivity index (χ0) is 23.7. The fourth-order valence-corrected chi connectivity index (χ4v) is 5.06. The highest BCUT2D eigenvalue weighted by Gasteiger charge is 2.53. The molecule has 0 aliphatic heterocycles. The molecule has 0 atom stereocenters. The van der Waals surface area contributed by atoms with E-state index in [1.165, 1.54) is 4.57 Å². The summed E-state index contributed by atoms with van der Waals surface area (Å²) in [6.07, 6.45) is 4.97. The van der Waals surface area contributed by atoms with Gasteiger partial charge in [0.25, 0.3) is 5.56 Å². The van der Waals surface area contributed by atoms with Gasteiger partial charge >= 0.3 is 18.9 Å². The minimum atomic E-state index is -4.53. The maximum absolute atomic E-state index is 14.6.